The van der Waals surface area contributed by atoms with E-state index in [0.717, 1.165) is 23.0 Å². The summed E-state index contributed by atoms with van der Waals surface area (Å²) in [6.07, 6.45) is 2.14. The Kier molecular flexibility index (Phi) is 6.02. The maximum absolute atomic E-state index is 13.3. The van der Waals surface area contributed by atoms with Crippen molar-refractivity contribution in [3.05, 3.63) is 47.7 Å². The largest absolute Gasteiger partial charge is 0.456 e. The Morgan fingerprint density at radius 2 is 2.11 bits per heavy atom. The van der Waals surface area contributed by atoms with Gasteiger partial charge in [-0.15, -0.1) is 5.10 Å². The second-order valence-corrected chi connectivity index (χ2v) is 9.79. The molecule has 35 heavy (non-hydrogen) atoms. The normalized spacial score (nSPS) is 23.5. The van der Waals surface area contributed by atoms with Gasteiger partial charge in [0.1, 0.15) is 6.61 Å². The molecule has 0 bridgehead atoms. The predicted octanol–water partition coefficient (Wildman–Crippen LogP) is 2.09. The number of hydrogen-bond acceptors (Lipinski definition) is 8. The Bertz CT molecular complexity index is 1320. The number of likely N-dealkylation sites (tertiary alicyclic amines) is 1. The van der Waals surface area contributed by atoms with Gasteiger partial charge < -0.3 is 19.6 Å². The van der Waals surface area contributed by atoms with Crippen molar-refractivity contribution in [2.45, 2.75) is 45.8 Å². The fourth-order valence-corrected chi connectivity index (χ4v) is 5.32. The van der Waals surface area contributed by atoms with E-state index >= 15 is 0 Å². The summed E-state index contributed by atoms with van der Waals surface area (Å²) < 4.78 is 6.69. The zero-order chi connectivity index (χ0) is 24.7. The topological polar surface area (TPSA) is 113 Å². The predicted molar refractivity (Wildman–Crippen MR) is 128 cm³/mol. The van der Waals surface area contributed by atoms with Crippen molar-refractivity contribution in [2.75, 3.05) is 26.2 Å². The van der Waals surface area contributed by atoms with Crippen LogP contribution in [0.15, 0.2) is 42.1 Å². The van der Waals surface area contributed by atoms with Crippen LogP contribution in [-0.2, 0) is 14.3 Å². The summed E-state index contributed by atoms with van der Waals surface area (Å²) in [6.45, 7) is 8.13. The molecule has 10 nitrogen and oxygen atoms in total. The molecule has 0 saturated carbocycles. The van der Waals surface area contributed by atoms with Gasteiger partial charge in [-0.2, -0.15) is 4.52 Å². The molecule has 1 N–H and O–H groups in total. The van der Waals surface area contributed by atoms with E-state index < -0.39 is 17.5 Å². The number of aliphatic hydroxyl groups is 1. The number of fused-ring (bicyclic) bond motifs is 3. The number of benzene rings is 1. The molecule has 2 aliphatic rings. The van der Waals surface area contributed by atoms with Gasteiger partial charge in [-0.25, -0.2) is 4.79 Å². The van der Waals surface area contributed by atoms with Crippen LogP contribution in [0.1, 0.15) is 45.3 Å². The van der Waals surface area contributed by atoms with E-state index in [1.165, 1.54) is 6.08 Å². The summed E-state index contributed by atoms with van der Waals surface area (Å²) in [5.41, 5.74) is 2.50. The van der Waals surface area contributed by atoms with E-state index in [0.29, 0.717) is 37.3 Å². The summed E-state index contributed by atoms with van der Waals surface area (Å²) in [7, 11) is 0. The Balaban J connectivity index is 1.25. The first-order chi connectivity index (χ1) is 16.8. The van der Waals surface area contributed by atoms with Crippen molar-refractivity contribution in [1.82, 2.24) is 29.8 Å². The van der Waals surface area contributed by atoms with Gasteiger partial charge >= 0.3 is 5.97 Å². The molecule has 2 aromatic heterocycles. The number of aliphatic hydroxyl groups excluding tert-OH is 1. The number of carbonyl (C=O) groups excluding carboxylic acids is 2. The van der Waals surface area contributed by atoms with Crippen LogP contribution in [0, 0.1) is 5.41 Å². The smallest absolute Gasteiger partial charge is 0.333 e. The van der Waals surface area contributed by atoms with E-state index in [1.807, 2.05) is 44.2 Å². The monoisotopic (exact) mass is 478 g/mol. The number of tetrazole rings is 1. The van der Waals surface area contributed by atoms with Crippen LogP contribution >= 0.6 is 0 Å². The molecule has 0 spiro atoms. The molecule has 184 valence electrons. The minimum absolute atomic E-state index is 0.0122. The summed E-state index contributed by atoms with van der Waals surface area (Å²) in [5, 5.41) is 23.7. The fourth-order valence-electron chi connectivity index (χ4n) is 5.32. The second kappa shape index (κ2) is 9.01. The highest BCUT2D eigenvalue weighted by Gasteiger charge is 2.48. The van der Waals surface area contributed by atoms with Crippen LogP contribution in [0.4, 0.5) is 0 Å². The second-order valence-electron chi connectivity index (χ2n) is 9.79. The molecule has 1 saturated heterocycles. The highest BCUT2D eigenvalue weighted by atomic mass is 16.5. The van der Waals surface area contributed by atoms with E-state index in [9.17, 15) is 14.7 Å². The molecule has 5 rings (SSSR count). The molecule has 1 amide bonds. The van der Waals surface area contributed by atoms with Gasteiger partial charge in [-0.3, -0.25) is 4.79 Å². The molecule has 0 aliphatic carbocycles. The van der Waals surface area contributed by atoms with Gasteiger partial charge in [-0.1, -0.05) is 19.9 Å². The number of nitrogens with zero attached hydrogens (tertiary/aromatic N) is 6. The molecule has 2 aliphatic heterocycles. The number of hydrogen-bond donors (Lipinski definition) is 1. The lowest BCUT2D eigenvalue weighted by Crippen LogP contribution is -2.38. The number of aromatic nitrogens is 4. The zero-order valence-corrected chi connectivity index (χ0v) is 20.2. The average molecular weight is 479 g/mol. The fraction of sp³-hybridized carbons (Fsp3) is 0.480. The lowest BCUT2D eigenvalue weighted by molar-refractivity contribution is -0.137. The van der Waals surface area contributed by atoms with Crippen LogP contribution in [0.25, 0.3) is 16.6 Å². The number of ether oxygens (including phenoxy) is 1. The van der Waals surface area contributed by atoms with Crippen LogP contribution < -0.4 is 0 Å². The van der Waals surface area contributed by atoms with Crippen LogP contribution in [0.5, 0.6) is 0 Å². The highest BCUT2D eigenvalue weighted by molar-refractivity contribution is 5.91. The van der Waals surface area contributed by atoms with Crippen LogP contribution in [-0.4, -0.2) is 79.1 Å². The zero-order valence-electron chi connectivity index (χ0n) is 20.2. The van der Waals surface area contributed by atoms with Gasteiger partial charge in [0.05, 0.1) is 22.7 Å². The number of pyridine rings is 1. The molecular weight excluding hydrogens is 448 g/mol. The van der Waals surface area contributed by atoms with E-state index in [1.54, 1.807) is 9.42 Å². The number of likely N-dealkylation sites (N-methyl/N-ethyl adjacent to an activating group) is 1. The number of esters is 1. The number of cyclic esters (lactones) is 1. The molecule has 0 radical (unpaired) electrons. The molecule has 3 atom stereocenters. The van der Waals surface area contributed by atoms with Crippen LogP contribution in [0.2, 0.25) is 0 Å². The van der Waals surface area contributed by atoms with E-state index in [2.05, 4.69) is 27.3 Å². The van der Waals surface area contributed by atoms with Crippen molar-refractivity contribution in [3.63, 3.8) is 0 Å². The number of amides is 1. The molecule has 10 heteroatoms. The van der Waals surface area contributed by atoms with Crippen molar-refractivity contribution >= 4 is 28.4 Å². The Morgan fingerprint density at radius 1 is 1.29 bits per heavy atom. The van der Waals surface area contributed by atoms with Crippen molar-refractivity contribution in [1.29, 1.82) is 0 Å². The average Bonchev–Trinajstić information content (AvgIpc) is 3.54. The summed E-state index contributed by atoms with van der Waals surface area (Å²) >= 11 is 0. The molecule has 1 fully saturated rings. The molecule has 4 heterocycles. The SMILES string of the molecule is CCN(CCC1(C)C[C@H](C)N(C2=CC(=O)OC2)C1=O)C[C@@H](O)c1ccc2c(ccc3nnnn32)c1. The number of rotatable bonds is 8. The van der Waals surface area contributed by atoms with Gasteiger partial charge in [-0.05, 0) is 73.1 Å². The quantitative estimate of drug-likeness (QED) is 0.490. The van der Waals surface area contributed by atoms with Gasteiger partial charge in [0.2, 0.25) is 5.91 Å². The van der Waals surface area contributed by atoms with E-state index in [-0.39, 0.29) is 18.6 Å². The maximum Gasteiger partial charge on any atom is 0.333 e. The minimum atomic E-state index is -0.668. The number of carbonyl (C=O) groups is 2. The first kappa shape index (κ1) is 23.4. The molecule has 3 aromatic rings. The first-order valence-corrected chi connectivity index (χ1v) is 12.0. The Morgan fingerprint density at radius 3 is 2.86 bits per heavy atom. The Hall–Kier alpha value is -3.37. The summed E-state index contributed by atoms with van der Waals surface area (Å²) in [5.74, 6) is -0.356. The lowest BCUT2D eigenvalue weighted by atomic mass is 9.83. The third-order valence-corrected chi connectivity index (χ3v) is 7.31. The first-order valence-electron chi connectivity index (χ1n) is 12.0. The van der Waals surface area contributed by atoms with Gasteiger partial charge in [0, 0.05) is 24.0 Å². The molecule has 1 aromatic carbocycles. The minimum Gasteiger partial charge on any atom is -0.456 e. The Labute approximate surface area is 203 Å². The lowest BCUT2D eigenvalue weighted by Gasteiger charge is -2.29. The van der Waals surface area contributed by atoms with E-state index in [4.69, 9.17) is 4.74 Å². The van der Waals surface area contributed by atoms with Crippen LogP contribution in [0.3, 0.4) is 0 Å². The van der Waals surface area contributed by atoms with Crippen molar-refractivity contribution in [2.24, 2.45) is 5.41 Å². The van der Waals surface area contributed by atoms with Crippen molar-refractivity contribution < 1.29 is 19.4 Å². The third-order valence-electron chi connectivity index (χ3n) is 7.31. The summed E-state index contributed by atoms with van der Waals surface area (Å²) in [4.78, 5) is 28.7. The molecule has 1 unspecified atom stereocenters. The van der Waals surface area contributed by atoms with Gasteiger partial charge in [0.25, 0.3) is 0 Å². The van der Waals surface area contributed by atoms with Gasteiger partial charge in [0.15, 0.2) is 5.65 Å². The summed E-state index contributed by atoms with van der Waals surface area (Å²) in [6, 6.07) is 9.61. The molecular formula is C25H30N6O4. The maximum atomic E-state index is 13.3. The highest BCUT2D eigenvalue weighted by Crippen LogP contribution is 2.41. The van der Waals surface area contributed by atoms with Crippen molar-refractivity contribution in [3.8, 4) is 0 Å². The third kappa shape index (κ3) is 4.28. The standard InChI is InChI=1S/C25H30N6O4/c1-4-29(10-9-25(3)13-16(2)30(24(25)34)19-12-23(33)35-15-19)14-21(32)18-5-7-20-17(11-18)6-8-22-26-27-28-31(20)22/h5-8,11-12,16,21,32H,4,9-10,13-15H2,1-3H3/t16-,21+,25?/m0/s1.